The summed E-state index contributed by atoms with van der Waals surface area (Å²) in [6.07, 6.45) is -4.49. The standard InChI is InChI=1S/C20H22F3N3O3/c1-13(2)17(12-24-19(27)10-14-6-4-3-5-7-14)25-16-9-8-15(20(21,22)23)11-18(16)26(28)29/h3-9,11,13,17,25H,10,12H2,1-2H3,(H,24,27)/t17-/m1/s1. The van der Waals surface area contributed by atoms with Gasteiger partial charge < -0.3 is 10.6 Å². The van der Waals surface area contributed by atoms with Crippen molar-refractivity contribution < 1.29 is 22.9 Å². The Balaban J connectivity index is 2.10. The first-order valence-corrected chi connectivity index (χ1v) is 9.00. The Kier molecular flexibility index (Phi) is 7.19. The van der Waals surface area contributed by atoms with E-state index in [9.17, 15) is 28.1 Å². The van der Waals surface area contributed by atoms with Crippen molar-refractivity contribution in [2.24, 2.45) is 5.92 Å². The lowest BCUT2D eigenvalue weighted by Gasteiger charge is -2.24. The number of hydrogen-bond donors (Lipinski definition) is 2. The molecule has 2 aromatic rings. The van der Waals surface area contributed by atoms with Gasteiger partial charge in [-0.1, -0.05) is 44.2 Å². The lowest BCUT2D eigenvalue weighted by atomic mass is 10.0. The Morgan fingerprint density at radius 3 is 2.34 bits per heavy atom. The first kappa shape index (κ1) is 22.2. The number of carbonyl (C=O) groups excluding carboxylic acids is 1. The SMILES string of the molecule is CC(C)[C@@H](CNC(=O)Cc1ccccc1)Nc1ccc(C(F)(F)F)cc1[N+](=O)[O-]. The molecule has 9 heteroatoms. The smallest absolute Gasteiger partial charge is 0.375 e. The summed E-state index contributed by atoms with van der Waals surface area (Å²) in [6, 6.07) is 11.1. The van der Waals surface area contributed by atoms with Crippen LogP contribution in [0.4, 0.5) is 24.5 Å². The Hall–Kier alpha value is -3.10. The molecule has 0 aliphatic carbocycles. The van der Waals surface area contributed by atoms with Gasteiger partial charge in [-0.25, -0.2) is 0 Å². The molecule has 0 saturated carbocycles. The predicted molar refractivity (Wildman–Crippen MR) is 104 cm³/mol. The van der Waals surface area contributed by atoms with Gasteiger partial charge in [0.1, 0.15) is 5.69 Å². The summed E-state index contributed by atoms with van der Waals surface area (Å²) in [5, 5.41) is 16.9. The molecule has 2 aromatic carbocycles. The summed E-state index contributed by atoms with van der Waals surface area (Å²) in [5.74, 6) is -0.264. The molecule has 6 nitrogen and oxygen atoms in total. The summed E-state index contributed by atoms with van der Waals surface area (Å²) < 4.78 is 38.6. The second-order valence-corrected chi connectivity index (χ2v) is 6.95. The van der Waals surface area contributed by atoms with E-state index in [4.69, 9.17) is 0 Å². The van der Waals surface area contributed by atoms with E-state index in [1.807, 2.05) is 44.2 Å². The molecule has 2 rings (SSSR count). The number of alkyl halides is 3. The summed E-state index contributed by atoms with van der Waals surface area (Å²) in [6.45, 7) is 3.86. The largest absolute Gasteiger partial charge is 0.416 e. The Morgan fingerprint density at radius 2 is 1.79 bits per heavy atom. The van der Waals surface area contributed by atoms with Crippen LogP contribution in [-0.4, -0.2) is 23.4 Å². The normalized spacial score (nSPS) is 12.5. The van der Waals surface area contributed by atoms with Crippen LogP contribution in [0, 0.1) is 16.0 Å². The van der Waals surface area contributed by atoms with Gasteiger partial charge in [0.05, 0.1) is 16.9 Å². The van der Waals surface area contributed by atoms with E-state index in [-0.39, 0.29) is 30.5 Å². The molecule has 0 unspecified atom stereocenters. The number of nitro groups is 1. The van der Waals surface area contributed by atoms with E-state index in [1.165, 1.54) is 0 Å². The van der Waals surface area contributed by atoms with Gasteiger partial charge in [-0.2, -0.15) is 13.2 Å². The second kappa shape index (κ2) is 9.40. The van der Waals surface area contributed by atoms with Crippen molar-refractivity contribution >= 4 is 17.3 Å². The topological polar surface area (TPSA) is 84.3 Å². The number of rotatable bonds is 8. The van der Waals surface area contributed by atoms with Gasteiger partial charge >= 0.3 is 6.18 Å². The van der Waals surface area contributed by atoms with Crippen molar-refractivity contribution in [2.75, 3.05) is 11.9 Å². The number of halogens is 3. The molecule has 1 amide bonds. The maximum atomic E-state index is 12.9. The first-order chi connectivity index (χ1) is 13.6. The fourth-order valence-electron chi connectivity index (χ4n) is 2.70. The zero-order valence-electron chi connectivity index (χ0n) is 16.0. The van der Waals surface area contributed by atoms with Gasteiger partial charge in [0.2, 0.25) is 5.91 Å². The van der Waals surface area contributed by atoms with E-state index in [1.54, 1.807) is 0 Å². The number of nitrogens with zero attached hydrogens (tertiary/aromatic N) is 1. The zero-order chi connectivity index (χ0) is 21.6. The molecule has 0 aliphatic heterocycles. The van der Waals surface area contributed by atoms with Gasteiger partial charge in [0, 0.05) is 18.7 Å². The van der Waals surface area contributed by atoms with Crippen LogP contribution >= 0.6 is 0 Å². The molecule has 0 spiro atoms. The minimum atomic E-state index is -4.67. The lowest BCUT2D eigenvalue weighted by Crippen LogP contribution is -2.40. The molecular weight excluding hydrogens is 387 g/mol. The Labute approximate surface area is 166 Å². The molecule has 0 bridgehead atoms. The number of amides is 1. The van der Waals surface area contributed by atoms with Crippen LogP contribution in [0.3, 0.4) is 0 Å². The quantitative estimate of drug-likeness (QED) is 0.500. The van der Waals surface area contributed by atoms with Gasteiger partial charge in [-0.05, 0) is 23.6 Å². The van der Waals surface area contributed by atoms with Crippen molar-refractivity contribution in [3.8, 4) is 0 Å². The molecule has 0 saturated heterocycles. The molecule has 0 aromatic heterocycles. The highest BCUT2D eigenvalue weighted by atomic mass is 19.4. The minimum Gasteiger partial charge on any atom is -0.375 e. The lowest BCUT2D eigenvalue weighted by molar-refractivity contribution is -0.384. The average molecular weight is 409 g/mol. The Bertz CT molecular complexity index is 855. The first-order valence-electron chi connectivity index (χ1n) is 9.00. The summed E-state index contributed by atoms with van der Waals surface area (Å²) in [4.78, 5) is 22.5. The van der Waals surface area contributed by atoms with Crippen molar-refractivity contribution in [2.45, 2.75) is 32.5 Å². The fraction of sp³-hybridized carbons (Fsp3) is 0.350. The summed E-state index contributed by atoms with van der Waals surface area (Å²) in [7, 11) is 0. The zero-order valence-corrected chi connectivity index (χ0v) is 16.0. The van der Waals surface area contributed by atoms with Crippen LogP contribution in [0.25, 0.3) is 0 Å². The van der Waals surface area contributed by atoms with E-state index in [0.29, 0.717) is 6.07 Å². The van der Waals surface area contributed by atoms with E-state index < -0.39 is 28.4 Å². The van der Waals surface area contributed by atoms with Gasteiger partial charge in [0.25, 0.3) is 5.69 Å². The highest BCUT2D eigenvalue weighted by molar-refractivity contribution is 5.78. The minimum absolute atomic E-state index is 0.0287. The molecular formula is C20H22F3N3O3. The molecule has 0 radical (unpaired) electrons. The van der Waals surface area contributed by atoms with Crippen molar-refractivity contribution in [1.82, 2.24) is 5.32 Å². The molecule has 1 atom stereocenters. The highest BCUT2D eigenvalue weighted by Crippen LogP contribution is 2.35. The highest BCUT2D eigenvalue weighted by Gasteiger charge is 2.33. The van der Waals surface area contributed by atoms with Crippen LogP contribution in [0.15, 0.2) is 48.5 Å². The summed E-state index contributed by atoms with van der Waals surface area (Å²) in [5.41, 5.74) is -0.940. The molecule has 29 heavy (non-hydrogen) atoms. The molecule has 0 aliphatic rings. The fourth-order valence-corrected chi connectivity index (χ4v) is 2.70. The molecule has 2 N–H and O–H groups in total. The second-order valence-electron chi connectivity index (χ2n) is 6.95. The monoisotopic (exact) mass is 409 g/mol. The van der Waals surface area contributed by atoms with Crippen LogP contribution in [-0.2, 0) is 17.4 Å². The van der Waals surface area contributed by atoms with Crippen molar-refractivity contribution in [3.05, 3.63) is 69.8 Å². The molecule has 156 valence electrons. The number of hydrogen-bond acceptors (Lipinski definition) is 4. The number of nitro benzene ring substituents is 1. The van der Waals surface area contributed by atoms with Gasteiger partial charge in [0.15, 0.2) is 0 Å². The summed E-state index contributed by atoms with van der Waals surface area (Å²) >= 11 is 0. The van der Waals surface area contributed by atoms with Crippen LogP contribution in [0.2, 0.25) is 0 Å². The van der Waals surface area contributed by atoms with Crippen LogP contribution in [0.1, 0.15) is 25.0 Å². The third kappa shape index (κ3) is 6.48. The van der Waals surface area contributed by atoms with Gasteiger partial charge in [-0.15, -0.1) is 0 Å². The number of benzene rings is 2. The molecule has 0 heterocycles. The van der Waals surface area contributed by atoms with Gasteiger partial charge in [-0.3, -0.25) is 14.9 Å². The maximum Gasteiger partial charge on any atom is 0.416 e. The number of nitrogens with one attached hydrogen (secondary N) is 2. The maximum absolute atomic E-state index is 12.9. The number of carbonyl (C=O) groups is 1. The van der Waals surface area contributed by atoms with Crippen molar-refractivity contribution in [3.63, 3.8) is 0 Å². The van der Waals surface area contributed by atoms with E-state index in [0.717, 1.165) is 17.7 Å². The van der Waals surface area contributed by atoms with Crippen molar-refractivity contribution in [1.29, 1.82) is 0 Å². The Morgan fingerprint density at radius 1 is 1.14 bits per heavy atom. The molecule has 0 fully saturated rings. The van der Waals surface area contributed by atoms with E-state index in [2.05, 4.69) is 10.6 Å². The van der Waals surface area contributed by atoms with E-state index >= 15 is 0 Å². The third-order valence-electron chi connectivity index (χ3n) is 4.39. The number of anilines is 1. The average Bonchev–Trinajstić information content (AvgIpc) is 2.64. The van der Waals surface area contributed by atoms with Crippen LogP contribution in [0.5, 0.6) is 0 Å². The predicted octanol–water partition coefficient (Wildman–Crippen LogP) is 4.41. The third-order valence-corrected chi connectivity index (χ3v) is 4.39. The van der Waals surface area contributed by atoms with Crippen LogP contribution < -0.4 is 10.6 Å².